The van der Waals surface area contributed by atoms with E-state index >= 15 is 0 Å². The second-order valence-corrected chi connectivity index (χ2v) is 4.14. The van der Waals surface area contributed by atoms with Crippen LogP contribution in [0.1, 0.15) is 17.5 Å². The topological polar surface area (TPSA) is 63.3 Å². The molecule has 0 aliphatic heterocycles. The molecule has 0 saturated carbocycles. The molecule has 0 radical (unpaired) electrons. The lowest BCUT2D eigenvalue weighted by Gasteiger charge is -2.07. The lowest BCUT2D eigenvalue weighted by Crippen LogP contribution is -2.32. The molecule has 0 spiro atoms. The van der Waals surface area contributed by atoms with Gasteiger partial charge in [-0.15, -0.1) is 11.6 Å². The van der Waals surface area contributed by atoms with Crippen molar-refractivity contribution >= 4 is 17.6 Å². The number of alkyl halides is 1. The molecular weight excluding hydrogens is 226 g/mol. The highest BCUT2D eigenvalue weighted by molar-refractivity contribution is 6.17. The molecule has 0 aliphatic rings. The highest BCUT2D eigenvalue weighted by Gasteiger charge is 2.11. The summed E-state index contributed by atoms with van der Waals surface area (Å²) in [5.41, 5.74) is 7.61. The van der Waals surface area contributed by atoms with Crippen LogP contribution in [-0.2, 0) is 17.6 Å². The van der Waals surface area contributed by atoms with Gasteiger partial charge in [0.05, 0.1) is 0 Å². The number of aryl methyl sites for hydroxylation is 1. The fourth-order valence-electron chi connectivity index (χ4n) is 1.45. The average Bonchev–Trinajstić information content (AvgIpc) is 2.28. The third-order valence-electron chi connectivity index (χ3n) is 2.39. The predicted octanol–water partition coefficient (Wildman–Crippen LogP) is 1.81. The lowest BCUT2D eigenvalue weighted by molar-refractivity contribution is -0.138. The van der Waals surface area contributed by atoms with Crippen LogP contribution in [0.25, 0.3) is 0 Å². The second-order valence-electron chi connectivity index (χ2n) is 3.76. The van der Waals surface area contributed by atoms with Crippen LogP contribution in [0, 0.1) is 0 Å². The molecule has 0 saturated heterocycles. The number of rotatable bonds is 6. The summed E-state index contributed by atoms with van der Waals surface area (Å²) in [5.74, 6) is -0.308. The van der Waals surface area contributed by atoms with E-state index in [1.165, 1.54) is 5.56 Å². The van der Waals surface area contributed by atoms with Crippen LogP contribution >= 0.6 is 11.6 Å². The number of carbonyl (C=O) groups is 1. The van der Waals surface area contributed by atoms with E-state index in [1.54, 1.807) is 0 Å². The molecule has 0 amide bonds. The molecule has 1 unspecified atom stereocenters. The van der Waals surface area contributed by atoms with Crippen molar-refractivity contribution in [2.75, 3.05) is 5.88 Å². The van der Waals surface area contributed by atoms with Crippen molar-refractivity contribution in [3.05, 3.63) is 35.4 Å². The minimum atomic E-state index is -0.966. The molecule has 0 heterocycles. The number of nitrogens with two attached hydrogens (primary N) is 1. The quantitative estimate of drug-likeness (QED) is 0.747. The fourth-order valence-corrected chi connectivity index (χ4v) is 1.59. The third kappa shape index (κ3) is 4.21. The molecule has 0 aromatic heterocycles. The molecule has 3 N–H and O–H groups in total. The summed E-state index contributed by atoms with van der Waals surface area (Å²) < 4.78 is 0. The van der Waals surface area contributed by atoms with Crippen LogP contribution in [0.5, 0.6) is 0 Å². The molecule has 3 nitrogen and oxygen atoms in total. The largest absolute Gasteiger partial charge is 0.480 e. The van der Waals surface area contributed by atoms with Gasteiger partial charge in [-0.3, -0.25) is 4.79 Å². The maximum atomic E-state index is 10.6. The predicted molar refractivity (Wildman–Crippen MR) is 64.8 cm³/mol. The van der Waals surface area contributed by atoms with Crippen LogP contribution in [0.4, 0.5) is 0 Å². The van der Waals surface area contributed by atoms with Crippen LogP contribution in [-0.4, -0.2) is 23.0 Å². The number of aliphatic carboxylic acids is 1. The van der Waals surface area contributed by atoms with Crippen molar-refractivity contribution in [1.29, 1.82) is 0 Å². The van der Waals surface area contributed by atoms with Gasteiger partial charge in [0.25, 0.3) is 0 Å². The van der Waals surface area contributed by atoms with Crippen LogP contribution in [0.15, 0.2) is 24.3 Å². The Balaban J connectivity index is 2.54. The van der Waals surface area contributed by atoms with E-state index in [0.717, 1.165) is 18.4 Å². The standard InChI is InChI=1S/C12H16ClNO2/c13-7-1-2-9-3-5-10(6-4-9)8-11(14)12(15)16/h3-6,11H,1-2,7-8,14H2,(H,15,16). The van der Waals surface area contributed by atoms with E-state index in [-0.39, 0.29) is 0 Å². The first-order valence-electron chi connectivity index (χ1n) is 5.25. The highest BCUT2D eigenvalue weighted by atomic mass is 35.5. The van der Waals surface area contributed by atoms with E-state index in [4.69, 9.17) is 22.4 Å². The molecule has 88 valence electrons. The fraction of sp³-hybridized carbons (Fsp3) is 0.417. The Morgan fingerprint density at radius 2 is 1.88 bits per heavy atom. The normalized spacial score (nSPS) is 12.4. The van der Waals surface area contributed by atoms with Crippen molar-refractivity contribution in [1.82, 2.24) is 0 Å². The number of hydrogen-bond acceptors (Lipinski definition) is 2. The molecule has 0 fully saturated rings. The number of hydrogen-bond donors (Lipinski definition) is 2. The molecule has 0 aliphatic carbocycles. The zero-order valence-corrected chi connectivity index (χ0v) is 9.78. The van der Waals surface area contributed by atoms with Crippen LogP contribution in [0.2, 0.25) is 0 Å². The molecule has 0 bridgehead atoms. The molecule has 1 aromatic carbocycles. The highest BCUT2D eigenvalue weighted by Crippen LogP contribution is 2.08. The van der Waals surface area contributed by atoms with E-state index in [0.29, 0.717) is 12.3 Å². The summed E-state index contributed by atoms with van der Waals surface area (Å²) >= 11 is 5.60. The first-order chi connectivity index (χ1) is 7.63. The first-order valence-corrected chi connectivity index (χ1v) is 5.79. The maximum absolute atomic E-state index is 10.6. The van der Waals surface area contributed by atoms with Crippen molar-refractivity contribution in [3.63, 3.8) is 0 Å². The number of benzene rings is 1. The zero-order valence-electron chi connectivity index (χ0n) is 9.03. The second kappa shape index (κ2) is 6.51. The zero-order chi connectivity index (χ0) is 12.0. The summed E-state index contributed by atoms with van der Waals surface area (Å²) in [5, 5.41) is 8.67. The Morgan fingerprint density at radius 3 is 2.38 bits per heavy atom. The Hall–Kier alpha value is -1.06. The molecule has 4 heteroatoms. The number of carboxylic acid groups (broad SMARTS) is 1. The molecule has 16 heavy (non-hydrogen) atoms. The Kier molecular flexibility index (Phi) is 5.29. The van der Waals surface area contributed by atoms with Gasteiger partial charge >= 0.3 is 5.97 Å². The van der Waals surface area contributed by atoms with Gasteiger partial charge in [0.15, 0.2) is 0 Å². The minimum Gasteiger partial charge on any atom is -0.480 e. The summed E-state index contributed by atoms with van der Waals surface area (Å²) in [7, 11) is 0. The van der Waals surface area contributed by atoms with Gasteiger partial charge in [-0.2, -0.15) is 0 Å². The third-order valence-corrected chi connectivity index (χ3v) is 2.66. The monoisotopic (exact) mass is 241 g/mol. The van der Waals surface area contributed by atoms with E-state index in [1.807, 2.05) is 24.3 Å². The van der Waals surface area contributed by atoms with Gasteiger partial charge in [0, 0.05) is 5.88 Å². The summed E-state index contributed by atoms with van der Waals surface area (Å²) in [4.78, 5) is 10.6. The SMILES string of the molecule is NC(Cc1ccc(CCCCl)cc1)C(=O)O. The van der Waals surface area contributed by atoms with Crippen LogP contribution < -0.4 is 5.73 Å². The Labute approximate surface area is 100 Å². The van der Waals surface area contributed by atoms with Crippen molar-refractivity contribution in [2.24, 2.45) is 5.73 Å². The molecule has 1 aromatic rings. The van der Waals surface area contributed by atoms with Crippen molar-refractivity contribution in [2.45, 2.75) is 25.3 Å². The van der Waals surface area contributed by atoms with Gasteiger partial charge in [-0.05, 0) is 30.4 Å². The smallest absolute Gasteiger partial charge is 0.320 e. The molecule has 1 rings (SSSR count). The minimum absolute atomic E-state index is 0.366. The van der Waals surface area contributed by atoms with Gasteiger partial charge in [-0.1, -0.05) is 24.3 Å². The van der Waals surface area contributed by atoms with Crippen molar-refractivity contribution in [3.8, 4) is 0 Å². The van der Waals surface area contributed by atoms with Gasteiger partial charge in [-0.25, -0.2) is 0 Å². The van der Waals surface area contributed by atoms with Gasteiger partial charge in [0.1, 0.15) is 6.04 Å². The molecule has 1 atom stereocenters. The molecular formula is C12H16ClNO2. The van der Waals surface area contributed by atoms with E-state index < -0.39 is 12.0 Å². The summed E-state index contributed by atoms with van der Waals surface area (Å²) in [6.07, 6.45) is 2.27. The average molecular weight is 242 g/mol. The van der Waals surface area contributed by atoms with Gasteiger partial charge < -0.3 is 10.8 Å². The van der Waals surface area contributed by atoms with Crippen molar-refractivity contribution < 1.29 is 9.90 Å². The van der Waals surface area contributed by atoms with Crippen LogP contribution in [0.3, 0.4) is 0 Å². The first kappa shape index (κ1) is 13.0. The summed E-state index contributed by atoms with van der Waals surface area (Å²) in [6, 6.07) is 7.01. The Bertz CT molecular complexity index is 337. The summed E-state index contributed by atoms with van der Waals surface area (Å²) in [6.45, 7) is 0. The number of halogens is 1. The number of carboxylic acids is 1. The Morgan fingerprint density at radius 1 is 1.31 bits per heavy atom. The van der Waals surface area contributed by atoms with Gasteiger partial charge in [0.2, 0.25) is 0 Å². The lowest BCUT2D eigenvalue weighted by atomic mass is 10.0. The van der Waals surface area contributed by atoms with E-state index in [9.17, 15) is 4.79 Å². The van der Waals surface area contributed by atoms with E-state index in [2.05, 4.69) is 0 Å². The maximum Gasteiger partial charge on any atom is 0.320 e.